The molecule has 1 amide bonds. The number of pyridine rings is 1. The molecule has 2 aromatic heterocycles. The summed E-state index contributed by atoms with van der Waals surface area (Å²) < 4.78 is 57.2. The van der Waals surface area contributed by atoms with Crippen LogP contribution in [0, 0.1) is 0 Å². The quantitative estimate of drug-likeness (QED) is 0.396. The minimum Gasteiger partial charge on any atom is -0.352 e. The molecule has 1 aliphatic heterocycles. The first kappa shape index (κ1) is 23.9. The summed E-state index contributed by atoms with van der Waals surface area (Å²) >= 11 is 6.01. The molecule has 0 bridgehead atoms. The lowest BCUT2D eigenvalue weighted by molar-refractivity contribution is -0.142. The SMILES string of the molecule is C=CC(=O)N1CCN(c2ncnc3c(=O)n(C4=C(F)C=CC(Cl)C4N)c(C(F)(F)F)cc23)CC1. The highest BCUT2D eigenvalue weighted by atomic mass is 35.5. The highest BCUT2D eigenvalue weighted by molar-refractivity contribution is 6.23. The standard InChI is InChI=1S/C21H19ClF4N6O2/c1-2-15(33)30-5-7-31(8-6-30)19-11-9-14(21(24,25)26)32(20(34)17(11)28-10-29-19)18-13(23)4-3-12(22)16(18)27/h2-4,9-10,12,16H,1,5-8,27H2. The number of nitrogens with zero attached hydrogens (tertiary/aromatic N) is 5. The number of alkyl halides is 4. The van der Waals surface area contributed by atoms with Crippen LogP contribution in [-0.2, 0) is 11.0 Å². The monoisotopic (exact) mass is 498 g/mol. The number of fused-ring (bicyclic) bond motifs is 1. The second-order valence-corrected chi connectivity index (χ2v) is 8.21. The van der Waals surface area contributed by atoms with E-state index in [1.54, 1.807) is 4.90 Å². The zero-order valence-corrected chi connectivity index (χ0v) is 18.4. The Morgan fingerprint density at radius 2 is 1.91 bits per heavy atom. The summed E-state index contributed by atoms with van der Waals surface area (Å²) in [6, 6.07) is -0.693. The highest BCUT2D eigenvalue weighted by Crippen LogP contribution is 2.36. The van der Waals surface area contributed by atoms with E-state index in [1.165, 1.54) is 17.1 Å². The number of amides is 1. The molecule has 0 aromatic carbocycles. The van der Waals surface area contributed by atoms with Gasteiger partial charge in [0.05, 0.1) is 22.5 Å². The van der Waals surface area contributed by atoms with Gasteiger partial charge in [0, 0.05) is 26.2 Å². The van der Waals surface area contributed by atoms with Crippen LogP contribution in [0.4, 0.5) is 23.4 Å². The summed E-state index contributed by atoms with van der Waals surface area (Å²) in [6.45, 7) is 4.54. The smallest absolute Gasteiger partial charge is 0.352 e. The number of aromatic nitrogens is 3. The molecule has 0 saturated carbocycles. The molecule has 2 unspecified atom stereocenters. The van der Waals surface area contributed by atoms with Crippen molar-refractivity contribution in [2.45, 2.75) is 17.6 Å². The summed E-state index contributed by atoms with van der Waals surface area (Å²) in [4.78, 5) is 36.3. The van der Waals surface area contributed by atoms with Gasteiger partial charge in [0.25, 0.3) is 5.56 Å². The Hall–Kier alpha value is -3.25. The first-order valence-corrected chi connectivity index (χ1v) is 10.6. The maximum Gasteiger partial charge on any atom is 0.431 e. The number of piperazine rings is 1. The van der Waals surface area contributed by atoms with Gasteiger partial charge in [-0.05, 0) is 18.2 Å². The van der Waals surface area contributed by atoms with E-state index in [2.05, 4.69) is 16.5 Å². The van der Waals surface area contributed by atoms with E-state index in [1.807, 2.05) is 0 Å². The van der Waals surface area contributed by atoms with E-state index in [-0.39, 0.29) is 53.4 Å². The lowest BCUT2D eigenvalue weighted by Gasteiger charge is -2.35. The number of rotatable bonds is 3. The van der Waals surface area contributed by atoms with Gasteiger partial charge in [-0.15, -0.1) is 11.6 Å². The van der Waals surface area contributed by atoms with Gasteiger partial charge in [-0.2, -0.15) is 13.2 Å². The van der Waals surface area contributed by atoms with Gasteiger partial charge in [0.15, 0.2) is 0 Å². The molecule has 2 aliphatic rings. The lowest BCUT2D eigenvalue weighted by Crippen LogP contribution is -2.48. The number of allylic oxidation sites excluding steroid dienone is 2. The van der Waals surface area contributed by atoms with Crippen LogP contribution in [0.5, 0.6) is 0 Å². The van der Waals surface area contributed by atoms with E-state index in [4.69, 9.17) is 17.3 Å². The van der Waals surface area contributed by atoms with E-state index >= 15 is 0 Å². The summed E-state index contributed by atoms with van der Waals surface area (Å²) in [5, 5.41) is -1.17. The van der Waals surface area contributed by atoms with Crippen molar-refractivity contribution in [1.29, 1.82) is 0 Å². The normalized spacial score (nSPS) is 21.4. The summed E-state index contributed by atoms with van der Waals surface area (Å²) in [5.41, 5.74) is 2.21. The number of halogens is 5. The summed E-state index contributed by atoms with van der Waals surface area (Å²) in [7, 11) is 0. The van der Waals surface area contributed by atoms with E-state index in [0.717, 1.165) is 12.4 Å². The van der Waals surface area contributed by atoms with Crippen LogP contribution in [0.3, 0.4) is 0 Å². The molecule has 1 saturated heterocycles. The molecule has 34 heavy (non-hydrogen) atoms. The molecule has 0 radical (unpaired) electrons. The average Bonchev–Trinajstić information content (AvgIpc) is 2.81. The van der Waals surface area contributed by atoms with Crippen LogP contribution in [0.15, 0.2) is 47.8 Å². The molecule has 4 rings (SSSR count). The Morgan fingerprint density at radius 3 is 2.53 bits per heavy atom. The number of hydrogen-bond donors (Lipinski definition) is 1. The maximum absolute atomic E-state index is 14.7. The van der Waals surface area contributed by atoms with Crippen LogP contribution < -0.4 is 16.2 Å². The Balaban J connectivity index is 1.89. The molecule has 1 fully saturated rings. The number of carbonyl (C=O) groups excluding carboxylic acids is 1. The van der Waals surface area contributed by atoms with E-state index < -0.39 is 40.4 Å². The van der Waals surface area contributed by atoms with Crippen molar-refractivity contribution in [1.82, 2.24) is 19.4 Å². The summed E-state index contributed by atoms with van der Waals surface area (Å²) in [5.74, 6) is -1.27. The predicted molar refractivity (Wildman–Crippen MR) is 119 cm³/mol. The largest absolute Gasteiger partial charge is 0.431 e. The molecule has 2 N–H and O–H groups in total. The van der Waals surface area contributed by atoms with E-state index in [9.17, 15) is 27.2 Å². The van der Waals surface area contributed by atoms with Crippen molar-refractivity contribution in [2.24, 2.45) is 5.73 Å². The first-order chi connectivity index (χ1) is 16.0. The Bertz CT molecular complexity index is 1280. The number of carbonyl (C=O) groups is 1. The van der Waals surface area contributed by atoms with Crippen LogP contribution >= 0.6 is 11.6 Å². The predicted octanol–water partition coefficient (Wildman–Crippen LogP) is 2.29. The molecule has 2 aromatic rings. The average molecular weight is 499 g/mol. The topological polar surface area (TPSA) is 97.4 Å². The van der Waals surface area contributed by atoms with Gasteiger partial charge in [0.2, 0.25) is 5.91 Å². The lowest BCUT2D eigenvalue weighted by atomic mass is 10.0. The van der Waals surface area contributed by atoms with Crippen molar-refractivity contribution >= 4 is 39.9 Å². The third-order valence-corrected chi connectivity index (χ3v) is 6.13. The molecule has 0 spiro atoms. The van der Waals surface area contributed by atoms with Gasteiger partial charge in [-0.3, -0.25) is 14.2 Å². The Morgan fingerprint density at radius 1 is 1.24 bits per heavy atom. The first-order valence-electron chi connectivity index (χ1n) is 10.2. The molecule has 13 heteroatoms. The van der Waals surface area contributed by atoms with Crippen LogP contribution in [0.1, 0.15) is 5.69 Å². The molecular formula is C21H19ClF4N6O2. The van der Waals surface area contributed by atoms with Crippen LogP contribution in [0.25, 0.3) is 16.6 Å². The second kappa shape index (κ2) is 8.84. The van der Waals surface area contributed by atoms with Gasteiger partial charge in [-0.1, -0.05) is 12.7 Å². The minimum absolute atomic E-state index is 0.1000. The van der Waals surface area contributed by atoms with Gasteiger partial charge >= 0.3 is 6.18 Å². The van der Waals surface area contributed by atoms with Crippen LogP contribution in [0.2, 0.25) is 0 Å². The Kier molecular flexibility index (Phi) is 6.21. The molecule has 2 atom stereocenters. The molecule has 1 aliphatic carbocycles. The fourth-order valence-electron chi connectivity index (χ4n) is 4.02. The molecule has 3 heterocycles. The number of anilines is 1. The number of hydrogen-bond acceptors (Lipinski definition) is 6. The molecule has 180 valence electrons. The van der Waals surface area contributed by atoms with Crippen LogP contribution in [-0.4, -0.2) is 62.9 Å². The van der Waals surface area contributed by atoms with Gasteiger partial charge in [-0.25, -0.2) is 14.4 Å². The molecular weight excluding hydrogens is 480 g/mol. The summed E-state index contributed by atoms with van der Waals surface area (Å²) in [6.07, 6.45) is -0.735. The minimum atomic E-state index is -5.04. The number of nitrogens with two attached hydrogens (primary N) is 1. The van der Waals surface area contributed by atoms with Crippen molar-refractivity contribution in [3.63, 3.8) is 0 Å². The highest BCUT2D eigenvalue weighted by Gasteiger charge is 2.39. The van der Waals surface area contributed by atoms with Gasteiger partial charge < -0.3 is 15.5 Å². The fourth-order valence-corrected chi connectivity index (χ4v) is 4.21. The maximum atomic E-state index is 14.7. The fraction of sp³-hybridized carbons (Fsp3) is 0.333. The van der Waals surface area contributed by atoms with Crippen molar-refractivity contribution in [2.75, 3.05) is 31.1 Å². The third-order valence-electron chi connectivity index (χ3n) is 5.72. The van der Waals surface area contributed by atoms with Crippen molar-refractivity contribution in [3.05, 3.63) is 59.1 Å². The zero-order valence-electron chi connectivity index (χ0n) is 17.6. The molecule has 8 nitrogen and oxygen atoms in total. The van der Waals surface area contributed by atoms with Crippen molar-refractivity contribution in [3.8, 4) is 0 Å². The van der Waals surface area contributed by atoms with Gasteiger partial charge in [0.1, 0.15) is 29.2 Å². The van der Waals surface area contributed by atoms with E-state index in [0.29, 0.717) is 6.07 Å². The van der Waals surface area contributed by atoms with Crippen molar-refractivity contribution < 1.29 is 22.4 Å². The zero-order chi connectivity index (χ0) is 24.8. The Labute approximate surface area is 195 Å². The third kappa shape index (κ3) is 4.07. The second-order valence-electron chi connectivity index (χ2n) is 7.71.